The lowest BCUT2D eigenvalue weighted by Gasteiger charge is -2.13. The van der Waals surface area contributed by atoms with Crippen LogP contribution >= 0.6 is 0 Å². The molecule has 1 aromatic heterocycles. The highest BCUT2D eigenvalue weighted by atomic mass is 19.1. The van der Waals surface area contributed by atoms with E-state index in [9.17, 15) is 9.18 Å². The molecule has 0 atom stereocenters. The van der Waals surface area contributed by atoms with Crippen LogP contribution in [0.1, 0.15) is 28.8 Å². The molecule has 4 rings (SSSR count). The van der Waals surface area contributed by atoms with Crippen molar-refractivity contribution >= 4 is 11.6 Å². The molecule has 0 saturated carbocycles. The lowest BCUT2D eigenvalue weighted by molar-refractivity contribution is -0.116. The van der Waals surface area contributed by atoms with Crippen LogP contribution in [0.3, 0.4) is 0 Å². The lowest BCUT2D eigenvalue weighted by Crippen LogP contribution is -2.13. The number of anilines is 1. The zero-order valence-electron chi connectivity index (χ0n) is 18.9. The molecule has 4 aromatic rings. The second-order valence-electron chi connectivity index (χ2n) is 8.02. The maximum atomic E-state index is 13.9. The molecule has 0 aliphatic rings. The van der Waals surface area contributed by atoms with Crippen molar-refractivity contribution in [3.05, 3.63) is 101 Å². The summed E-state index contributed by atoms with van der Waals surface area (Å²) >= 11 is 0. The van der Waals surface area contributed by atoms with Crippen LogP contribution in [0.4, 0.5) is 10.1 Å². The van der Waals surface area contributed by atoms with Crippen molar-refractivity contribution in [1.29, 1.82) is 0 Å². The Balaban J connectivity index is 1.64. The molecule has 0 fully saturated rings. The van der Waals surface area contributed by atoms with Crippen LogP contribution in [-0.4, -0.2) is 15.7 Å². The van der Waals surface area contributed by atoms with Crippen molar-refractivity contribution < 1.29 is 13.9 Å². The van der Waals surface area contributed by atoms with E-state index in [-0.39, 0.29) is 18.0 Å². The summed E-state index contributed by atoms with van der Waals surface area (Å²) in [5, 5.41) is 7.37. The fraction of sp³-hybridized carbons (Fsp3) is 0.185. The minimum Gasteiger partial charge on any atom is -0.438 e. The first kappa shape index (κ1) is 22.3. The van der Waals surface area contributed by atoms with Crippen LogP contribution in [0.2, 0.25) is 0 Å². The number of para-hydroxylation sites is 2. The first-order valence-electron chi connectivity index (χ1n) is 10.9. The highest BCUT2D eigenvalue weighted by Crippen LogP contribution is 2.33. The summed E-state index contributed by atoms with van der Waals surface area (Å²) in [5.74, 6) is 0.567. The Hall–Kier alpha value is -3.93. The molecule has 1 amide bonds. The van der Waals surface area contributed by atoms with Gasteiger partial charge < -0.3 is 10.1 Å². The summed E-state index contributed by atoms with van der Waals surface area (Å²) in [6.07, 6.45) is 0.567. The molecule has 0 unspecified atom stereocenters. The van der Waals surface area contributed by atoms with Crippen LogP contribution < -0.4 is 10.1 Å². The predicted molar refractivity (Wildman–Crippen MR) is 128 cm³/mol. The quantitative estimate of drug-likeness (QED) is 0.365. The maximum absolute atomic E-state index is 13.9. The molecule has 3 aromatic carbocycles. The maximum Gasteiger partial charge on any atom is 0.226 e. The van der Waals surface area contributed by atoms with E-state index in [1.165, 1.54) is 6.07 Å². The van der Waals surface area contributed by atoms with Gasteiger partial charge in [-0.3, -0.25) is 4.79 Å². The number of aryl methyl sites for hydroxylation is 3. The summed E-state index contributed by atoms with van der Waals surface area (Å²) in [5.41, 5.74) is 4.76. The van der Waals surface area contributed by atoms with E-state index in [1.807, 2.05) is 69.3 Å². The number of nitrogens with zero attached hydrogens (tertiary/aromatic N) is 2. The van der Waals surface area contributed by atoms with Crippen molar-refractivity contribution in [2.75, 3.05) is 5.32 Å². The Morgan fingerprint density at radius 1 is 1.00 bits per heavy atom. The molecule has 33 heavy (non-hydrogen) atoms. The summed E-state index contributed by atoms with van der Waals surface area (Å²) < 4.78 is 22.0. The molecule has 0 aliphatic carbocycles. The summed E-state index contributed by atoms with van der Waals surface area (Å²) in [6.45, 7) is 5.91. The second-order valence-corrected chi connectivity index (χ2v) is 8.02. The van der Waals surface area contributed by atoms with Crippen LogP contribution in [-0.2, 0) is 11.2 Å². The number of halogens is 1. The lowest BCUT2D eigenvalue weighted by atomic mass is 10.1. The number of nitrogens with one attached hydrogen (secondary N) is 1. The molecule has 0 bridgehead atoms. The van der Waals surface area contributed by atoms with Crippen molar-refractivity contribution in [3.8, 4) is 17.3 Å². The van der Waals surface area contributed by atoms with Gasteiger partial charge in [0.25, 0.3) is 0 Å². The smallest absolute Gasteiger partial charge is 0.226 e. The third kappa shape index (κ3) is 5.12. The van der Waals surface area contributed by atoms with Gasteiger partial charge in [-0.15, -0.1) is 0 Å². The topological polar surface area (TPSA) is 56.2 Å². The van der Waals surface area contributed by atoms with E-state index in [4.69, 9.17) is 9.84 Å². The zero-order chi connectivity index (χ0) is 23.4. The number of amides is 1. The van der Waals surface area contributed by atoms with Gasteiger partial charge in [0.15, 0.2) is 0 Å². The number of hydrogen-bond acceptors (Lipinski definition) is 3. The van der Waals surface area contributed by atoms with Gasteiger partial charge in [-0.1, -0.05) is 42.5 Å². The van der Waals surface area contributed by atoms with Gasteiger partial charge in [0.05, 0.1) is 17.1 Å². The third-order valence-electron chi connectivity index (χ3n) is 5.43. The van der Waals surface area contributed by atoms with Crippen molar-refractivity contribution in [3.63, 3.8) is 0 Å². The van der Waals surface area contributed by atoms with E-state index in [2.05, 4.69) is 5.32 Å². The molecular formula is C27H26FN3O2. The Morgan fingerprint density at radius 2 is 1.76 bits per heavy atom. The second kappa shape index (κ2) is 9.69. The third-order valence-corrected chi connectivity index (χ3v) is 5.43. The molecule has 0 saturated heterocycles. The van der Waals surface area contributed by atoms with Gasteiger partial charge >= 0.3 is 0 Å². The number of rotatable bonds is 7. The zero-order valence-corrected chi connectivity index (χ0v) is 18.9. The normalized spacial score (nSPS) is 10.8. The molecule has 0 aliphatic heterocycles. The predicted octanol–water partition coefficient (Wildman–Crippen LogP) is 6.30. The molecule has 0 radical (unpaired) electrons. The fourth-order valence-electron chi connectivity index (χ4n) is 3.65. The number of carbonyl (C=O) groups is 1. The van der Waals surface area contributed by atoms with E-state index in [1.54, 1.807) is 22.9 Å². The first-order valence-corrected chi connectivity index (χ1v) is 10.9. The van der Waals surface area contributed by atoms with Crippen LogP contribution in [0.25, 0.3) is 5.69 Å². The Labute approximate surface area is 192 Å². The minimum absolute atomic E-state index is 0.165. The average Bonchev–Trinajstić information content (AvgIpc) is 3.10. The van der Waals surface area contributed by atoms with E-state index >= 15 is 0 Å². The summed E-state index contributed by atoms with van der Waals surface area (Å²) in [7, 11) is 0. The van der Waals surface area contributed by atoms with Crippen molar-refractivity contribution in [2.24, 2.45) is 0 Å². The average molecular weight is 444 g/mol. The molecule has 1 heterocycles. The van der Waals surface area contributed by atoms with Crippen LogP contribution in [0, 0.1) is 26.6 Å². The minimum atomic E-state index is -0.460. The highest BCUT2D eigenvalue weighted by molar-refractivity contribution is 5.91. The van der Waals surface area contributed by atoms with Gasteiger partial charge in [-0.2, -0.15) is 5.10 Å². The monoisotopic (exact) mass is 443 g/mol. The number of ether oxygens (including phenoxy) is 1. The number of hydrogen-bond donors (Lipinski definition) is 1. The molecule has 0 spiro atoms. The van der Waals surface area contributed by atoms with E-state index < -0.39 is 5.82 Å². The number of aromatic nitrogens is 2. The Kier molecular flexibility index (Phi) is 6.54. The van der Waals surface area contributed by atoms with Gasteiger partial charge in [0.1, 0.15) is 11.6 Å². The SMILES string of the molecule is Cc1cccc(-n2nc(C)c(CCC(=O)Nc3ccccc3F)c2Oc2ccccc2C)c1. The van der Waals surface area contributed by atoms with E-state index in [0.29, 0.717) is 12.3 Å². The van der Waals surface area contributed by atoms with Crippen molar-refractivity contribution in [2.45, 2.75) is 33.6 Å². The Morgan fingerprint density at radius 3 is 2.52 bits per heavy atom. The standard InChI is InChI=1S/C27H26FN3O2/c1-18-9-8-11-21(17-18)31-27(33-25-14-7-4-10-19(25)2)22(20(3)30-31)15-16-26(32)29-24-13-6-5-12-23(24)28/h4-14,17H,15-16H2,1-3H3,(H,29,32). The number of carbonyl (C=O) groups excluding carboxylic acids is 1. The molecular weight excluding hydrogens is 417 g/mol. The molecule has 1 N–H and O–H groups in total. The van der Waals surface area contributed by atoms with Gasteiger partial charge in [-0.05, 0) is 68.7 Å². The largest absolute Gasteiger partial charge is 0.438 e. The van der Waals surface area contributed by atoms with E-state index in [0.717, 1.165) is 33.8 Å². The van der Waals surface area contributed by atoms with Gasteiger partial charge in [0, 0.05) is 12.0 Å². The van der Waals surface area contributed by atoms with Crippen LogP contribution in [0.5, 0.6) is 11.6 Å². The first-order chi connectivity index (χ1) is 15.9. The summed E-state index contributed by atoms with van der Waals surface area (Å²) in [6, 6.07) is 21.9. The van der Waals surface area contributed by atoms with Gasteiger partial charge in [-0.25, -0.2) is 9.07 Å². The molecule has 6 heteroatoms. The Bertz CT molecular complexity index is 1300. The fourth-order valence-corrected chi connectivity index (χ4v) is 3.65. The molecule has 5 nitrogen and oxygen atoms in total. The highest BCUT2D eigenvalue weighted by Gasteiger charge is 2.20. The van der Waals surface area contributed by atoms with Gasteiger partial charge in [0.2, 0.25) is 11.8 Å². The number of benzene rings is 3. The molecule has 168 valence electrons. The van der Waals surface area contributed by atoms with Crippen LogP contribution in [0.15, 0.2) is 72.8 Å². The van der Waals surface area contributed by atoms with Crippen molar-refractivity contribution in [1.82, 2.24) is 9.78 Å². The summed E-state index contributed by atoms with van der Waals surface area (Å²) in [4.78, 5) is 12.5.